The van der Waals surface area contributed by atoms with Gasteiger partial charge in [0.1, 0.15) is 12.4 Å². The number of carbonyl (C=O) groups excluding carboxylic acids is 1. The van der Waals surface area contributed by atoms with Gasteiger partial charge in [-0.1, -0.05) is 12.1 Å². The molecule has 2 rings (SSSR count). The highest BCUT2D eigenvalue weighted by Gasteiger charge is 2.17. The van der Waals surface area contributed by atoms with Crippen LogP contribution in [0.15, 0.2) is 24.3 Å². The molecule has 0 bridgehead atoms. The van der Waals surface area contributed by atoms with Gasteiger partial charge in [0, 0.05) is 13.1 Å². The first-order chi connectivity index (χ1) is 10.2. The fourth-order valence-corrected chi connectivity index (χ4v) is 2.47. The zero-order chi connectivity index (χ0) is 15.1. The van der Waals surface area contributed by atoms with Crippen LogP contribution in [0.25, 0.3) is 0 Å². The molecule has 0 aliphatic carbocycles. The SMILES string of the molecule is CCN(Cc1cccc(F)c1)C(=O)COC1CCNCC1. The fraction of sp³-hybridized carbons (Fsp3) is 0.562. The van der Waals surface area contributed by atoms with Gasteiger partial charge in [0.15, 0.2) is 0 Å². The lowest BCUT2D eigenvalue weighted by atomic mass is 10.1. The number of nitrogens with one attached hydrogen (secondary N) is 1. The molecule has 21 heavy (non-hydrogen) atoms. The second kappa shape index (κ2) is 8.10. The lowest BCUT2D eigenvalue weighted by molar-refractivity contribution is -0.139. The van der Waals surface area contributed by atoms with Gasteiger partial charge in [0.2, 0.25) is 5.91 Å². The molecule has 1 aliphatic rings. The van der Waals surface area contributed by atoms with Crippen LogP contribution >= 0.6 is 0 Å². The van der Waals surface area contributed by atoms with Crippen molar-refractivity contribution in [3.05, 3.63) is 35.6 Å². The van der Waals surface area contributed by atoms with E-state index in [0.29, 0.717) is 13.1 Å². The third-order valence-corrected chi connectivity index (χ3v) is 3.73. The Hall–Kier alpha value is -1.46. The zero-order valence-corrected chi connectivity index (χ0v) is 12.5. The number of ether oxygens (including phenoxy) is 1. The fourth-order valence-electron chi connectivity index (χ4n) is 2.47. The van der Waals surface area contributed by atoms with Crippen molar-refractivity contribution in [2.24, 2.45) is 0 Å². The highest BCUT2D eigenvalue weighted by molar-refractivity contribution is 5.77. The predicted octanol–water partition coefficient (Wildman–Crippen LogP) is 1.94. The highest BCUT2D eigenvalue weighted by Crippen LogP contribution is 2.10. The minimum Gasteiger partial charge on any atom is -0.368 e. The zero-order valence-electron chi connectivity index (χ0n) is 12.5. The van der Waals surface area contributed by atoms with Gasteiger partial charge < -0.3 is 15.0 Å². The van der Waals surface area contributed by atoms with Gasteiger partial charge in [-0.05, 0) is 50.6 Å². The number of piperidine rings is 1. The number of benzene rings is 1. The molecular formula is C16H23FN2O2. The van der Waals surface area contributed by atoms with Gasteiger partial charge in [0.05, 0.1) is 6.10 Å². The van der Waals surface area contributed by atoms with Crippen LogP contribution in [0.5, 0.6) is 0 Å². The Balaban J connectivity index is 1.83. The molecule has 0 spiro atoms. The van der Waals surface area contributed by atoms with Crippen LogP contribution in [0, 0.1) is 5.82 Å². The first kappa shape index (κ1) is 15.9. The summed E-state index contributed by atoms with van der Waals surface area (Å²) in [5.74, 6) is -0.317. The van der Waals surface area contributed by atoms with E-state index in [0.717, 1.165) is 31.5 Å². The van der Waals surface area contributed by atoms with Crippen molar-refractivity contribution in [2.75, 3.05) is 26.2 Å². The Morgan fingerprint density at radius 1 is 1.43 bits per heavy atom. The van der Waals surface area contributed by atoms with Crippen LogP contribution in [0.1, 0.15) is 25.3 Å². The average Bonchev–Trinajstić information content (AvgIpc) is 2.51. The van der Waals surface area contributed by atoms with E-state index in [-0.39, 0.29) is 24.4 Å². The quantitative estimate of drug-likeness (QED) is 0.872. The summed E-state index contributed by atoms with van der Waals surface area (Å²) in [6.07, 6.45) is 2.06. The first-order valence-electron chi connectivity index (χ1n) is 7.53. The van der Waals surface area contributed by atoms with Gasteiger partial charge in [-0.25, -0.2) is 4.39 Å². The van der Waals surface area contributed by atoms with E-state index in [2.05, 4.69) is 5.32 Å². The lowest BCUT2D eigenvalue weighted by Crippen LogP contribution is -2.37. The predicted molar refractivity (Wildman–Crippen MR) is 79.3 cm³/mol. The number of rotatable bonds is 6. The molecule has 1 aromatic carbocycles. The summed E-state index contributed by atoms with van der Waals surface area (Å²) in [6, 6.07) is 6.35. The summed E-state index contributed by atoms with van der Waals surface area (Å²) in [7, 11) is 0. The van der Waals surface area contributed by atoms with E-state index in [9.17, 15) is 9.18 Å². The first-order valence-corrected chi connectivity index (χ1v) is 7.53. The van der Waals surface area contributed by atoms with Crippen molar-refractivity contribution >= 4 is 5.91 Å². The summed E-state index contributed by atoms with van der Waals surface area (Å²) in [6.45, 7) is 4.92. The molecule has 0 atom stereocenters. The minimum absolute atomic E-state index is 0.0414. The van der Waals surface area contributed by atoms with Crippen LogP contribution in [-0.4, -0.2) is 43.2 Å². The Bertz CT molecular complexity index is 461. The third kappa shape index (κ3) is 5.10. The summed E-state index contributed by atoms with van der Waals surface area (Å²) < 4.78 is 18.9. The monoisotopic (exact) mass is 294 g/mol. The second-order valence-corrected chi connectivity index (χ2v) is 5.30. The van der Waals surface area contributed by atoms with Crippen LogP contribution in [-0.2, 0) is 16.1 Å². The molecule has 0 radical (unpaired) electrons. The average molecular weight is 294 g/mol. The van der Waals surface area contributed by atoms with Gasteiger partial charge in [-0.2, -0.15) is 0 Å². The lowest BCUT2D eigenvalue weighted by Gasteiger charge is -2.25. The normalized spacial score (nSPS) is 15.9. The Morgan fingerprint density at radius 3 is 2.86 bits per heavy atom. The van der Waals surface area contributed by atoms with Crippen molar-refractivity contribution in [3.8, 4) is 0 Å². The molecule has 1 aromatic rings. The van der Waals surface area contributed by atoms with Crippen LogP contribution in [0.3, 0.4) is 0 Å². The van der Waals surface area contributed by atoms with Crippen LogP contribution in [0.4, 0.5) is 4.39 Å². The summed E-state index contributed by atoms with van der Waals surface area (Å²) >= 11 is 0. The van der Waals surface area contributed by atoms with Crippen LogP contribution < -0.4 is 5.32 Å². The Kier molecular flexibility index (Phi) is 6.14. The maximum absolute atomic E-state index is 13.2. The summed E-state index contributed by atoms with van der Waals surface area (Å²) in [5, 5.41) is 3.26. The molecule has 0 unspecified atom stereocenters. The highest BCUT2D eigenvalue weighted by atomic mass is 19.1. The van der Waals surface area contributed by atoms with Gasteiger partial charge >= 0.3 is 0 Å². The van der Waals surface area contributed by atoms with Gasteiger partial charge in [-0.3, -0.25) is 4.79 Å². The van der Waals surface area contributed by atoms with E-state index in [1.54, 1.807) is 11.0 Å². The topological polar surface area (TPSA) is 41.6 Å². The van der Waals surface area contributed by atoms with E-state index >= 15 is 0 Å². The van der Waals surface area contributed by atoms with Crippen molar-refractivity contribution in [1.82, 2.24) is 10.2 Å². The molecule has 116 valence electrons. The number of carbonyl (C=O) groups is 1. The Morgan fingerprint density at radius 2 is 2.19 bits per heavy atom. The number of hydrogen-bond acceptors (Lipinski definition) is 3. The summed E-state index contributed by atoms with van der Waals surface area (Å²) in [5.41, 5.74) is 0.798. The Labute approximate surface area is 125 Å². The molecule has 1 fully saturated rings. The number of nitrogens with zero attached hydrogens (tertiary/aromatic N) is 1. The van der Waals surface area contributed by atoms with E-state index in [1.807, 2.05) is 13.0 Å². The molecule has 1 N–H and O–H groups in total. The molecule has 4 nitrogen and oxygen atoms in total. The third-order valence-electron chi connectivity index (χ3n) is 3.73. The maximum Gasteiger partial charge on any atom is 0.248 e. The van der Waals surface area contributed by atoms with Gasteiger partial charge in [-0.15, -0.1) is 0 Å². The molecule has 1 amide bonds. The largest absolute Gasteiger partial charge is 0.368 e. The number of halogens is 1. The molecular weight excluding hydrogens is 271 g/mol. The molecule has 0 aromatic heterocycles. The maximum atomic E-state index is 13.2. The second-order valence-electron chi connectivity index (χ2n) is 5.30. The van der Waals surface area contributed by atoms with Gasteiger partial charge in [0.25, 0.3) is 0 Å². The minimum atomic E-state index is -0.276. The van der Waals surface area contributed by atoms with E-state index in [1.165, 1.54) is 12.1 Å². The number of hydrogen-bond donors (Lipinski definition) is 1. The van der Waals surface area contributed by atoms with Crippen molar-refractivity contribution in [2.45, 2.75) is 32.4 Å². The van der Waals surface area contributed by atoms with E-state index < -0.39 is 0 Å². The molecule has 1 heterocycles. The molecule has 1 saturated heterocycles. The number of likely N-dealkylation sites (N-methyl/N-ethyl adjacent to an activating group) is 1. The molecule has 0 saturated carbocycles. The molecule has 5 heteroatoms. The van der Waals surface area contributed by atoms with Crippen molar-refractivity contribution < 1.29 is 13.9 Å². The smallest absolute Gasteiger partial charge is 0.248 e. The molecule has 1 aliphatic heterocycles. The summed E-state index contributed by atoms with van der Waals surface area (Å²) in [4.78, 5) is 13.9. The van der Waals surface area contributed by atoms with Crippen molar-refractivity contribution in [1.29, 1.82) is 0 Å². The standard InChI is InChI=1S/C16H23FN2O2/c1-2-19(11-13-4-3-5-14(17)10-13)16(20)12-21-15-6-8-18-9-7-15/h3-5,10,15,18H,2,6-9,11-12H2,1H3. The van der Waals surface area contributed by atoms with Crippen molar-refractivity contribution in [3.63, 3.8) is 0 Å². The van der Waals surface area contributed by atoms with Crippen LogP contribution in [0.2, 0.25) is 0 Å². The number of amides is 1. The van der Waals surface area contributed by atoms with E-state index in [4.69, 9.17) is 4.74 Å².